The van der Waals surface area contributed by atoms with Gasteiger partial charge in [-0.05, 0) is 18.9 Å². The Morgan fingerprint density at radius 2 is 1.89 bits per heavy atom. The van der Waals surface area contributed by atoms with Gasteiger partial charge >= 0.3 is 5.97 Å². The lowest BCUT2D eigenvalue weighted by Gasteiger charge is -2.19. The molecule has 6 heteroatoms. The molecule has 0 aliphatic rings. The SMILES string of the molecule is CC(O)C(NC(=O)C(N)Cc1ccccc1)C(=O)O. The van der Waals surface area contributed by atoms with Gasteiger partial charge in [-0.15, -0.1) is 0 Å². The number of carbonyl (C=O) groups is 2. The van der Waals surface area contributed by atoms with Crippen LogP contribution >= 0.6 is 0 Å². The molecule has 0 bridgehead atoms. The van der Waals surface area contributed by atoms with Gasteiger partial charge in [0.1, 0.15) is 0 Å². The Kier molecular flexibility index (Phi) is 5.47. The lowest BCUT2D eigenvalue weighted by Crippen LogP contribution is -2.53. The van der Waals surface area contributed by atoms with E-state index in [1.165, 1.54) is 6.92 Å². The number of carboxylic acid groups (broad SMARTS) is 1. The zero-order valence-electron chi connectivity index (χ0n) is 10.6. The minimum atomic E-state index is -1.35. The van der Waals surface area contributed by atoms with Crippen molar-refractivity contribution < 1.29 is 19.8 Å². The van der Waals surface area contributed by atoms with Crippen molar-refractivity contribution >= 4 is 11.9 Å². The van der Waals surface area contributed by atoms with Gasteiger partial charge in [-0.25, -0.2) is 4.79 Å². The predicted molar refractivity (Wildman–Crippen MR) is 69.4 cm³/mol. The minimum absolute atomic E-state index is 0.304. The van der Waals surface area contributed by atoms with E-state index < -0.39 is 30.1 Å². The van der Waals surface area contributed by atoms with Crippen LogP contribution in [0.25, 0.3) is 0 Å². The Labute approximate surface area is 111 Å². The summed E-state index contributed by atoms with van der Waals surface area (Å²) >= 11 is 0. The second kappa shape index (κ2) is 6.86. The molecule has 1 amide bonds. The molecule has 0 aliphatic heterocycles. The number of aliphatic carboxylic acids is 1. The highest BCUT2D eigenvalue weighted by Crippen LogP contribution is 2.02. The van der Waals surface area contributed by atoms with E-state index in [1.54, 1.807) is 0 Å². The summed E-state index contributed by atoms with van der Waals surface area (Å²) in [7, 11) is 0. The molecule has 0 saturated heterocycles. The number of aliphatic hydroxyl groups excluding tert-OH is 1. The molecule has 104 valence electrons. The van der Waals surface area contributed by atoms with Gasteiger partial charge in [0.2, 0.25) is 5.91 Å². The van der Waals surface area contributed by atoms with Gasteiger partial charge in [0.25, 0.3) is 0 Å². The first-order valence-corrected chi connectivity index (χ1v) is 5.92. The van der Waals surface area contributed by atoms with Crippen LogP contribution in [-0.4, -0.2) is 40.3 Å². The van der Waals surface area contributed by atoms with Crippen LogP contribution < -0.4 is 11.1 Å². The number of carbonyl (C=O) groups excluding carboxylic acids is 1. The first-order chi connectivity index (χ1) is 8.91. The number of hydrogen-bond donors (Lipinski definition) is 4. The fraction of sp³-hybridized carbons (Fsp3) is 0.385. The maximum absolute atomic E-state index is 11.8. The number of nitrogens with one attached hydrogen (secondary N) is 1. The van der Waals surface area contributed by atoms with Gasteiger partial charge in [0, 0.05) is 0 Å². The van der Waals surface area contributed by atoms with Crippen molar-refractivity contribution in [1.82, 2.24) is 5.32 Å². The summed E-state index contributed by atoms with van der Waals surface area (Å²) in [6.07, 6.45) is -0.885. The van der Waals surface area contributed by atoms with E-state index in [0.29, 0.717) is 6.42 Å². The van der Waals surface area contributed by atoms with Crippen LogP contribution in [-0.2, 0) is 16.0 Å². The fourth-order valence-corrected chi connectivity index (χ4v) is 1.61. The highest BCUT2D eigenvalue weighted by atomic mass is 16.4. The lowest BCUT2D eigenvalue weighted by molar-refractivity contribution is -0.144. The number of carboxylic acids is 1. The van der Waals surface area contributed by atoms with Crippen molar-refractivity contribution in [2.45, 2.75) is 31.5 Å². The van der Waals surface area contributed by atoms with E-state index in [2.05, 4.69) is 5.32 Å². The van der Waals surface area contributed by atoms with E-state index in [1.807, 2.05) is 30.3 Å². The third-order valence-electron chi connectivity index (χ3n) is 2.68. The summed E-state index contributed by atoms with van der Waals surface area (Å²) in [5.74, 6) is -1.90. The zero-order valence-corrected chi connectivity index (χ0v) is 10.6. The van der Waals surface area contributed by atoms with Crippen LogP contribution in [0.5, 0.6) is 0 Å². The van der Waals surface area contributed by atoms with E-state index >= 15 is 0 Å². The summed E-state index contributed by atoms with van der Waals surface area (Å²) in [5, 5.41) is 20.3. The summed E-state index contributed by atoms with van der Waals surface area (Å²) in [6, 6.07) is 6.96. The van der Waals surface area contributed by atoms with E-state index in [4.69, 9.17) is 10.8 Å². The molecule has 6 nitrogen and oxygen atoms in total. The summed E-state index contributed by atoms with van der Waals surface area (Å²) in [4.78, 5) is 22.6. The molecule has 1 aromatic rings. The largest absolute Gasteiger partial charge is 0.480 e. The second-order valence-electron chi connectivity index (χ2n) is 4.36. The number of amides is 1. The average Bonchev–Trinajstić information content (AvgIpc) is 2.35. The fourth-order valence-electron chi connectivity index (χ4n) is 1.61. The molecule has 0 radical (unpaired) electrons. The molecule has 1 aromatic carbocycles. The number of nitrogens with two attached hydrogens (primary N) is 1. The third-order valence-corrected chi connectivity index (χ3v) is 2.68. The van der Waals surface area contributed by atoms with Crippen LogP contribution in [0.1, 0.15) is 12.5 Å². The molecule has 1 rings (SSSR count). The lowest BCUT2D eigenvalue weighted by atomic mass is 10.1. The smallest absolute Gasteiger partial charge is 0.328 e. The normalized spacial score (nSPS) is 15.3. The standard InChI is InChI=1S/C13H18N2O4/c1-8(16)11(13(18)19)15-12(17)10(14)7-9-5-3-2-4-6-9/h2-6,8,10-11,16H,7,14H2,1H3,(H,15,17)(H,18,19). The molecule has 19 heavy (non-hydrogen) atoms. The molecule has 0 spiro atoms. The molecular formula is C13H18N2O4. The van der Waals surface area contributed by atoms with Gasteiger partial charge < -0.3 is 21.3 Å². The predicted octanol–water partition coefficient (Wildman–Crippen LogP) is -0.493. The summed E-state index contributed by atoms with van der Waals surface area (Å²) < 4.78 is 0. The quantitative estimate of drug-likeness (QED) is 0.555. The maximum atomic E-state index is 11.8. The Morgan fingerprint density at radius 1 is 1.32 bits per heavy atom. The Balaban J connectivity index is 2.60. The van der Waals surface area contributed by atoms with Crippen molar-refractivity contribution in [3.05, 3.63) is 35.9 Å². The van der Waals surface area contributed by atoms with Gasteiger partial charge in [-0.3, -0.25) is 4.79 Å². The van der Waals surface area contributed by atoms with Crippen LogP contribution in [0.4, 0.5) is 0 Å². The van der Waals surface area contributed by atoms with Gasteiger partial charge in [-0.2, -0.15) is 0 Å². The topological polar surface area (TPSA) is 113 Å². The van der Waals surface area contributed by atoms with Gasteiger partial charge in [0.15, 0.2) is 6.04 Å². The zero-order chi connectivity index (χ0) is 14.4. The van der Waals surface area contributed by atoms with Crippen molar-refractivity contribution in [2.75, 3.05) is 0 Å². The van der Waals surface area contributed by atoms with Crippen LogP contribution in [0.2, 0.25) is 0 Å². The molecule has 0 aliphatic carbocycles. The van der Waals surface area contributed by atoms with Crippen molar-refractivity contribution in [3.63, 3.8) is 0 Å². The minimum Gasteiger partial charge on any atom is -0.480 e. The molecule has 3 unspecified atom stereocenters. The molecule has 0 saturated carbocycles. The summed E-state index contributed by atoms with van der Waals surface area (Å²) in [5.41, 5.74) is 6.59. The van der Waals surface area contributed by atoms with Crippen LogP contribution in [0, 0.1) is 0 Å². The van der Waals surface area contributed by atoms with Crippen molar-refractivity contribution in [3.8, 4) is 0 Å². The molecule has 0 heterocycles. The highest BCUT2D eigenvalue weighted by Gasteiger charge is 2.27. The first kappa shape index (κ1) is 15.1. The molecule has 0 aromatic heterocycles. The second-order valence-corrected chi connectivity index (χ2v) is 4.36. The third kappa shape index (κ3) is 4.69. The number of benzene rings is 1. The Morgan fingerprint density at radius 3 is 2.37 bits per heavy atom. The van der Waals surface area contributed by atoms with Crippen molar-refractivity contribution in [1.29, 1.82) is 0 Å². The highest BCUT2D eigenvalue weighted by molar-refractivity contribution is 5.87. The van der Waals surface area contributed by atoms with Gasteiger partial charge in [0.05, 0.1) is 12.1 Å². The first-order valence-electron chi connectivity index (χ1n) is 5.92. The Hall–Kier alpha value is -1.92. The average molecular weight is 266 g/mol. The van der Waals surface area contributed by atoms with Crippen LogP contribution in [0.3, 0.4) is 0 Å². The monoisotopic (exact) mass is 266 g/mol. The van der Waals surface area contributed by atoms with Crippen LogP contribution in [0.15, 0.2) is 30.3 Å². The number of aliphatic hydroxyl groups is 1. The Bertz CT molecular complexity index is 434. The van der Waals surface area contributed by atoms with Crippen molar-refractivity contribution in [2.24, 2.45) is 5.73 Å². The number of hydrogen-bond acceptors (Lipinski definition) is 4. The molecule has 0 fully saturated rings. The molecular weight excluding hydrogens is 248 g/mol. The van der Waals surface area contributed by atoms with E-state index in [-0.39, 0.29) is 0 Å². The maximum Gasteiger partial charge on any atom is 0.328 e. The van der Waals surface area contributed by atoms with E-state index in [0.717, 1.165) is 5.56 Å². The molecule has 5 N–H and O–H groups in total. The van der Waals surface area contributed by atoms with E-state index in [9.17, 15) is 14.7 Å². The number of rotatable bonds is 6. The van der Waals surface area contributed by atoms with Gasteiger partial charge in [-0.1, -0.05) is 30.3 Å². The molecule has 3 atom stereocenters. The summed E-state index contributed by atoms with van der Waals surface area (Å²) in [6.45, 7) is 1.29.